The molecule has 0 radical (unpaired) electrons. The van der Waals surface area contributed by atoms with E-state index in [9.17, 15) is 5.26 Å². The Labute approximate surface area is 170 Å². The van der Waals surface area contributed by atoms with Gasteiger partial charge < -0.3 is 4.74 Å². The van der Waals surface area contributed by atoms with Crippen LogP contribution in [0.15, 0.2) is 48.5 Å². The molecule has 3 rings (SSSR count). The van der Waals surface area contributed by atoms with Crippen LogP contribution >= 0.6 is 0 Å². The van der Waals surface area contributed by atoms with Crippen molar-refractivity contribution in [3.05, 3.63) is 54.1 Å². The highest BCUT2D eigenvalue weighted by atomic mass is 16.5. The molecule has 2 nitrogen and oxygen atoms in total. The Morgan fingerprint density at radius 1 is 1.04 bits per heavy atom. The van der Waals surface area contributed by atoms with E-state index in [1.807, 2.05) is 12.1 Å². The summed E-state index contributed by atoms with van der Waals surface area (Å²) in [7, 11) is 0. The van der Waals surface area contributed by atoms with E-state index in [0.717, 1.165) is 50.4 Å². The fraction of sp³-hybridized carbons (Fsp3) is 0.500. The van der Waals surface area contributed by atoms with E-state index < -0.39 is 0 Å². The molecule has 28 heavy (non-hydrogen) atoms. The number of rotatable bonds is 8. The number of benzene rings is 2. The van der Waals surface area contributed by atoms with Gasteiger partial charge in [-0.3, -0.25) is 0 Å². The maximum Gasteiger partial charge on any atom is 0.119 e. The maximum atomic E-state index is 9.84. The van der Waals surface area contributed by atoms with E-state index in [1.165, 1.54) is 36.0 Å². The van der Waals surface area contributed by atoms with E-state index in [2.05, 4.69) is 56.3 Å². The molecule has 1 fully saturated rings. The summed E-state index contributed by atoms with van der Waals surface area (Å²) in [5.41, 5.74) is 3.66. The first-order valence-electron chi connectivity index (χ1n) is 10.9. The van der Waals surface area contributed by atoms with Gasteiger partial charge in [-0.15, -0.1) is 0 Å². The molecule has 0 heterocycles. The second-order valence-corrected chi connectivity index (χ2v) is 8.33. The lowest BCUT2D eigenvalue weighted by Crippen LogP contribution is -2.27. The van der Waals surface area contributed by atoms with Gasteiger partial charge in [-0.1, -0.05) is 69.5 Å². The summed E-state index contributed by atoms with van der Waals surface area (Å²) in [4.78, 5) is 0. The quantitative estimate of drug-likeness (QED) is 0.489. The van der Waals surface area contributed by atoms with Crippen molar-refractivity contribution in [3.63, 3.8) is 0 Å². The zero-order valence-corrected chi connectivity index (χ0v) is 17.4. The minimum Gasteiger partial charge on any atom is -0.494 e. The number of hydrogen-bond donors (Lipinski definition) is 0. The molecule has 0 saturated heterocycles. The van der Waals surface area contributed by atoms with Crippen LogP contribution in [-0.2, 0) is 6.42 Å². The summed E-state index contributed by atoms with van der Waals surface area (Å²) in [6, 6.07) is 19.9. The average Bonchev–Trinajstić information content (AvgIpc) is 2.77. The van der Waals surface area contributed by atoms with Gasteiger partial charge in [0.2, 0.25) is 0 Å². The summed E-state index contributed by atoms with van der Waals surface area (Å²) in [6.45, 7) is 5.14. The molecule has 0 aromatic heterocycles. The third-order valence-corrected chi connectivity index (χ3v) is 6.27. The molecule has 0 aliphatic heterocycles. The maximum absolute atomic E-state index is 9.84. The number of nitrogens with zero attached hydrogens (tertiary/aromatic N) is 1. The molecule has 0 bridgehead atoms. The monoisotopic (exact) mass is 375 g/mol. The van der Waals surface area contributed by atoms with Crippen molar-refractivity contribution in [3.8, 4) is 22.9 Å². The first-order chi connectivity index (χ1) is 13.7. The van der Waals surface area contributed by atoms with Crippen LogP contribution in [0.1, 0.15) is 64.4 Å². The number of nitriles is 1. The first-order valence-corrected chi connectivity index (χ1v) is 10.9. The van der Waals surface area contributed by atoms with Crippen molar-refractivity contribution in [1.29, 1.82) is 5.26 Å². The average molecular weight is 376 g/mol. The Kier molecular flexibility index (Phi) is 7.15. The lowest BCUT2D eigenvalue weighted by molar-refractivity contribution is 0.183. The number of ether oxygens (including phenoxy) is 1. The number of hydrogen-bond acceptors (Lipinski definition) is 2. The summed E-state index contributed by atoms with van der Waals surface area (Å²) >= 11 is 0. The molecule has 1 saturated carbocycles. The Bertz CT molecular complexity index is 772. The fourth-order valence-corrected chi connectivity index (χ4v) is 4.43. The van der Waals surface area contributed by atoms with Crippen LogP contribution in [0.4, 0.5) is 0 Å². The molecular weight excluding hydrogens is 342 g/mol. The molecule has 1 aliphatic rings. The van der Waals surface area contributed by atoms with E-state index in [0.29, 0.717) is 0 Å². The Balaban J connectivity index is 1.60. The second kappa shape index (κ2) is 9.78. The minimum atomic E-state index is -0.105. The smallest absolute Gasteiger partial charge is 0.119 e. The normalized spacial score (nSPS) is 21.8. The Morgan fingerprint density at radius 2 is 1.71 bits per heavy atom. The van der Waals surface area contributed by atoms with E-state index >= 15 is 0 Å². The van der Waals surface area contributed by atoms with Crippen LogP contribution in [0.25, 0.3) is 11.1 Å². The molecule has 2 aromatic carbocycles. The molecule has 2 atom stereocenters. The fourth-order valence-electron chi connectivity index (χ4n) is 4.43. The molecule has 1 aliphatic carbocycles. The zero-order chi connectivity index (χ0) is 19.8. The van der Waals surface area contributed by atoms with Crippen LogP contribution in [-0.4, -0.2) is 6.61 Å². The standard InChI is InChI=1S/C26H33NO/c1-3-18-28-25-13-11-24(12-14-25)23-9-7-22(8-10-23)15-17-26(20-27)16-5-6-21(4-2)19-26/h7-14,21H,3-6,15-19H2,1-2H3. The molecule has 2 unspecified atom stereocenters. The number of aryl methyl sites for hydroxylation is 1. The predicted molar refractivity (Wildman–Crippen MR) is 116 cm³/mol. The summed E-state index contributed by atoms with van der Waals surface area (Å²) in [6.07, 6.45) is 8.89. The van der Waals surface area contributed by atoms with Crippen molar-refractivity contribution < 1.29 is 4.74 Å². The van der Waals surface area contributed by atoms with Gasteiger partial charge in [0.15, 0.2) is 0 Å². The van der Waals surface area contributed by atoms with Crippen molar-refractivity contribution >= 4 is 0 Å². The van der Waals surface area contributed by atoms with Crippen LogP contribution in [0.3, 0.4) is 0 Å². The van der Waals surface area contributed by atoms with Crippen molar-refractivity contribution in [2.24, 2.45) is 11.3 Å². The van der Waals surface area contributed by atoms with Crippen molar-refractivity contribution in [2.75, 3.05) is 6.61 Å². The van der Waals surface area contributed by atoms with Gasteiger partial charge in [-0.2, -0.15) is 5.26 Å². The van der Waals surface area contributed by atoms with Crippen LogP contribution in [0.5, 0.6) is 5.75 Å². The van der Waals surface area contributed by atoms with E-state index in [1.54, 1.807) is 0 Å². The third kappa shape index (κ3) is 5.16. The van der Waals surface area contributed by atoms with Crippen LogP contribution < -0.4 is 4.74 Å². The lowest BCUT2D eigenvalue weighted by Gasteiger charge is -2.35. The molecule has 0 amide bonds. The summed E-state index contributed by atoms with van der Waals surface area (Å²) in [5.74, 6) is 1.67. The van der Waals surface area contributed by atoms with Crippen LogP contribution in [0, 0.1) is 22.7 Å². The van der Waals surface area contributed by atoms with Crippen molar-refractivity contribution in [2.45, 2.75) is 65.2 Å². The van der Waals surface area contributed by atoms with Gasteiger partial charge >= 0.3 is 0 Å². The van der Waals surface area contributed by atoms with E-state index in [-0.39, 0.29) is 5.41 Å². The van der Waals surface area contributed by atoms with Crippen molar-refractivity contribution in [1.82, 2.24) is 0 Å². The second-order valence-electron chi connectivity index (χ2n) is 8.33. The molecule has 2 aromatic rings. The Hall–Kier alpha value is -2.27. The molecule has 148 valence electrons. The predicted octanol–water partition coefficient (Wildman–Crippen LogP) is 7.19. The van der Waals surface area contributed by atoms with Gasteiger partial charge in [0.05, 0.1) is 18.1 Å². The lowest BCUT2D eigenvalue weighted by atomic mass is 9.67. The first kappa shape index (κ1) is 20.5. The molecule has 0 spiro atoms. The highest BCUT2D eigenvalue weighted by Crippen LogP contribution is 2.43. The SMILES string of the molecule is CCCOc1ccc(-c2ccc(CCC3(C#N)CCCC(CC)C3)cc2)cc1. The summed E-state index contributed by atoms with van der Waals surface area (Å²) in [5, 5.41) is 9.84. The minimum absolute atomic E-state index is 0.105. The zero-order valence-electron chi connectivity index (χ0n) is 17.4. The molecular formula is C26H33NO. The van der Waals surface area contributed by atoms with Gasteiger partial charge in [0.25, 0.3) is 0 Å². The van der Waals surface area contributed by atoms with Crippen LogP contribution in [0.2, 0.25) is 0 Å². The van der Waals surface area contributed by atoms with Gasteiger partial charge in [-0.05, 0) is 66.8 Å². The van der Waals surface area contributed by atoms with E-state index in [4.69, 9.17) is 4.74 Å². The van der Waals surface area contributed by atoms with Gasteiger partial charge in [-0.25, -0.2) is 0 Å². The summed E-state index contributed by atoms with van der Waals surface area (Å²) < 4.78 is 5.66. The van der Waals surface area contributed by atoms with Gasteiger partial charge in [0.1, 0.15) is 5.75 Å². The van der Waals surface area contributed by atoms with Gasteiger partial charge in [0, 0.05) is 0 Å². The highest BCUT2D eigenvalue weighted by Gasteiger charge is 2.35. The Morgan fingerprint density at radius 3 is 2.32 bits per heavy atom. The highest BCUT2D eigenvalue weighted by molar-refractivity contribution is 5.64. The topological polar surface area (TPSA) is 33.0 Å². The molecule has 2 heteroatoms. The largest absolute Gasteiger partial charge is 0.494 e. The third-order valence-electron chi connectivity index (χ3n) is 6.27. The molecule has 0 N–H and O–H groups in total.